The van der Waals surface area contributed by atoms with Gasteiger partial charge in [-0.1, -0.05) is 12.1 Å². The Balaban J connectivity index is 2.01. The third kappa shape index (κ3) is 4.45. The number of hydrogen-bond donors (Lipinski definition) is 1. The molecule has 1 aliphatic heterocycles. The van der Waals surface area contributed by atoms with Gasteiger partial charge in [0.25, 0.3) is 5.91 Å². The second kappa shape index (κ2) is 7.61. The largest absolute Gasteiger partial charge is 0.481 e. The molecule has 0 bridgehead atoms. The van der Waals surface area contributed by atoms with Crippen molar-refractivity contribution in [3.63, 3.8) is 0 Å². The highest BCUT2D eigenvalue weighted by Gasteiger charge is 2.31. The fraction of sp³-hybridized carbons (Fsp3) is 0.588. The van der Waals surface area contributed by atoms with Crippen molar-refractivity contribution in [3.8, 4) is 5.75 Å². The molecule has 5 heteroatoms. The number of aliphatic hydroxyl groups excluding tert-OH is 1. The average molecular weight is 307 g/mol. The van der Waals surface area contributed by atoms with E-state index in [2.05, 4.69) is 0 Å². The van der Waals surface area contributed by atoms with Crippen molar-refractivity contribution >= 4 is 5.91 Å². The smallest absolute Gasteiger partial charge is 0.263 e. The first-order chi connectivity index (χ1) is 10.5. The van der Waals surface area contributed by atoms with E-state index in [0.29, 0.717) is 31.9 Å². The van der Waals surface area contributed by atoms with Gasteiger partial charge in [0.05, 0.1) is 25.4 Å². The summed E-state index contributed by atoms with van der Waals surface area (Å²) in [6.07, 6.45) is -0.505. The van der Waals surface area contributed by atoms with E-state index in [-0.39, 0.29) is 11.9 Å². The molecule has 1 heterocycles. The summed E-state index contributed by atoms with van der Waals surface area (Å²) in [7, 11) is 0. The Bertz CT molecular complexity index is 503. The number of benzene rings is 1. The molecule has 122 valence electrons. The molecule has 0 spiro atoms. The number of nitrogens with zero attached hydrogens (tertiary/aromatic N) is 1. The summed E-state index contributed by atoms with van der Waals surface area (Å²) in [6.45, 7) is 7.01. The first-order valence-corrected chi connectivity index (χ1v) is 7.77. The van der Waals surface area contributed by atoms with Crippen LogP contribution >= 0.6 is 0 Å². The zero-order chi connectivity index (χ0) is 16.1. The van der Waals surface area contributed by atoms with Gasteiger partial charge in [0, 0.05) is 6.54 Å². The van der Waals surface area contributed by atoms with Gasteiger partial charge in [-0.2, -0.15) is 0 Å². The summed E-state index contributed by atoms with van der Waals surface area (Å²) < 4.78 is 11.2. The second-order valence-electron chi connectivity index (χ2n) is 5.92. The van der Waals surface area contributed by atoms with Crippen LogP contribution in [0.2, 0.25) is 0 Å². The van der Waals surface area contributed by atoms with E-state index in [4.69, 9.17) is 9.47 Å². The zero-order valence-corrected chi connectivity index (χ0v) is 13.5. The molecule has 3 unspecified atom stereocenters. The van der Waals surface area contributed by atoms with Crippen LogP contribution in [0.25, 0.3) is 0 Å². The molecule has 22 heavy (non-hydrogen) atoms. The maximum Gasteiger partial charge on any atom is 0.263 e. The molecule has 0 saturated carbocycles. The summed E-state index contributed by atoms with van der Waals surface area (Å²) in [5.41, 5.74) is 1.09. The van der Waals surface area contributed by atoms with Crippen LogP contribution in [0.1, 0.15) is 25.8 Å². The molecule has 1 aliphatic rings. The number of aryl methyl sites for hydroxylation is 1. The van der Waals surface area contributed by atoms with Crippen LogP contribution in [-0.2, 0) is 9.53 Å². The van der Waals surface area contributed by atoms with Crippen LogP contribution in [0.5, 0.6) is 5.75 Å². The van der Waals surface area contributed by atoms with Crippen molar-refractivity contribution in [1.82, 2.24) is 4.90 Å². The molecule has 5 nitrogen and oxygen atoms in total. The minimum atomic E-state index is -0.559. The Labute approximate surface area is 131 Å². The molecular weight excluding hydrogens is 282 g/mol. The standard InChI is InChI=1S/C17H25NO4/c1-12-5-4-6-16(9-12)22-14(3)17(20)18-7-8-21-11-15(18)10-13(2)19/h4-6,9,13-15,19H,7-8,10-11H2,1-3H3. The lowest BCUT2D eigenvalue weighted by atomic mass is 10.1. The maximum absolute atomic E-state index is 12.6. The van der Waals surface area contributed by atoms with Gasteiger partial charge in [0.15, 0.2) is 6.10 Å². The van der Waals surface area contributed by atoms with Crippen LogP contribution < -0.4 is 4.74 Å². The molecule has 0 radical (unpaired) electrons. The monoisotopic (exact) mass is 307 g/mol. The van der Waals surface area contributed by atoms with E-state index in [1.165, 1.54) is 0 Å². The molecule has 0 aromatic heterocycles. The van der Waals surface area contributed by atoms with E-state index in [9.17, 15) is 9.90 Å². The minimum Gasteiger partial charge on any atom is -0.481 e. The van der Waals surface area contributed by atoms with Crippen molar-refractivity contribution in [2.45, 2.75) is 45.4 Å². The van der Waals surface area contributed by atoms with Crippen LogP contribution in [0, 0.1) is 6.92 Å². The first-order valence-electron chi connectivity index (χ1n) is 7.77. The van der Waals surface area contributed by atoms with E-state index in [1.54, 1.807) is 18.7 Å². The number of carbonyl (C=O) groups is 1. The van der Waals surface area contributed by atoms with Gasteiger partial charge in [0.2, 0.25) is 0 Å². The van der Waals surface area contributed by atoms with Gasteiger partial charge in [-0.25, -0.2) is 0 Å². The summed E-state index contributed by atoms with van der Waals surface area (Å²) in [4.78, 5) is 14.4. The van der Waals surface area contributed by atoms with Crippen LogP contribution in [0.15, 0.2) is 24.3 Å². The van der Waals surface area contributed by atoms with Gasteiger partial charge in [-0.3, -0.25) is 4.79 Å². The Morgan fingerprint density at radius 3 is 2.95 bits per heavy atom. The van der Waals surface area contributed by atoms with Crippen molar-refractivity contribution in [1.29, 1.82) is 0 Å². The Kier molecular flexibility index (Phi) is 5.80. The predicted octanol–water partition coefficient (Wildman–Crippen LogP) is 1.76. The average Bonchev–Trinajstić information content (AvgIpc) is 2.46. The molecule has 2 rings (SSSR count). The van der Waals surface area contributed by atoms with Gasteiger partial charge < -0.3 is 19.5 Å². The van der Waals surface area contributed by atoms with E-state index < -0.39 is 12.2 Å². The Morgan fingerprint density at radius 1 is 1.50 bits per heavy atom. The molecule has 1 N–H and O–H groups in total. The zero-order valence-electron chi connectivity index (χ0n) is 13.5. The second-order valence-corrected chi connectivity index (χ2v) is 5.92. The van der Waals surface area contributed by atoms with Crippen LogP contribution in [0.4, 0.5) is 0 Å². The van der Waals surface area contributed by atoms with E-state index >= 15 is 0 Å². The highest BCUT2D eigenvalue weighted by molar-refractivity contribution is 5.81. The molecular formula is C17H25NO4. The number of ether oxygens (including phenoxy) is 2. The molecule has 1 fully saturated rings. The lowest BCUT2D eigenvalue weighted by molar-refractivity contribution is -0.147. The summed E-state index contributed by atoms with van der Waals surface area (Å²) in [6, 6.07) is 7.57. The third-order valence-electron chi connectivity index (χ3n) is 3.77. The van der Waals surface area contributed by atoms with Gasteiger partial charge in [0.1, 0.15) is 5.75 Å². The molecule has 1 saturated heterocycles. The summed E-state index contributed by atoms with van der Waals surface area (Å²) in [5, 5.41) is 9.58. The Hall–Kier alpha value is -1.59. The highest BCUT2D eigenvalue weighted by atomic mass is 16.5. The number of morpholine rings is 1. The number of amides is 1. The molecule has 0 aliphatic carbocycles. The van der Waals surface area contributed by atoms with Crippen LogP contribution in [-0.4, -0.2) is 53.9 Å². The summed E-state index contributed by atoms with van der Waals surface area (Å²) >= 11 is 0. The van der Waals surface area contributed by atoms with Crippen molar-refractivity contribution in [3.05, 3.63) is 29.8 Å². The van der Waals surface area contributed by atoms with Gasteiger partial charge in [-0.15, -0.1) is 0 Å². The minimum absolute atomic E-state index is 0.0598. The van der Waals surface area contributed by atoms with Crippen LogP contribution in [0.3, 0.4) is 0 Å². The molecule has 1 aromatic carbocycles. The van der Waals surface area contributed by atoms with Gasteiger partial charge in [-0.05, 0) is 44.9 Å². The lowest BCUT2D eigenvalue weighted by Crippen LogP contribution is -2.53. The third-order valence-corrected chi connectivity index (χ3v) is 3.77. The summed E-state index contributed by atoms with van der Waals surface area (Å²) in [5.74, 6) is 0.636. The number of aliphatic hydroxyl groups is 1. The quantitative estimate of drug-likeness (QED) is 0.900. The Morgan fingerprint density at radius 2 is 2.27 bits per heavy atom. The molecule has 1 amide bonds. The fourth-order valence-electron chi connectivity index (χ4n) is 2.71. The number of rotatable bonds is 5. The maximum atomic E-state index is 12.6. The number of carbonyl (C=O) groups excluding carboxylic acids is 1. The number of hydrogen-bond acceptors (Lipinski definition) is 4. The van der Waals surface area contributed by atoms with E-state index in [1.807, 2.05) is 31.2 Å². The van der Waals surface area contributed by atoms with Gasteiger partial charge >= 0.3 is 0 Å². The highest BCUT2D eigenvalue weighted by Crippen LogP contribution is 2.18. The van der Waals surface area contributed by atoms with E-state index in [0.717, 1.165) is 5.56 Å². The topological polar surface area (TPSA) is 59.0 Å². The fourth-order valence-corrected chi connectivity index (χ4v) is 2.71. The normalized spacial score (nSPS) is 21.3. The van der Waals surface area contributed by atoms with Crippen molar-refractivity contribution in [2.24, 2.45) is 0 Å². The van der Waals surface area contributed by atoms with Crippen molar-refractivity contribution in [2.75, 3.05) is 19.8 Å². The predicted molar refractivity (Wildman–Crippen MR) is 83.9 cm³/mol. The SMILES string of the molecule is Cc1cccc(OC(C)C(=O)N2CCOCC2CC(C)O)c1. The first kappa shape index (κ1) is 16.8. The molecule has 3 atom stereocenters. The molecule has 1 aromatic rings. The van der Waals surface area contributed by atoms with Crippen molar-refractivity contribution < 1.29 is 19.4 Å². The lowest BCUT2D eigenvalue weighted by Gasteiger charge is -2.37.